The summed E-state index contributed by atoms with van der Waals surface area (Å²) in [6.45, 7) is 0.563. The maximum atomic E-state index is 11.6. The molecule has 0 radical (unpaired) electrons. The van der Waals surface area contributed by atoms with E-state index in [1.165, 1.54) is 6.07 Å². The maximum Gasteiger partial charge on any atom is 0.337 e. The van der Waals surface area contributed by atoms with Gasteiger partial charge in [0.1, 0.15) is 6.10 Å². The van der Waals surface area contributed by atoms with E-state index in [2.05, 4.69) is 16.2 Å². The number of urea groups is 1. The minimum Gasteiger partial charge on any atom is -0.368 e. The number of carbonyl (C=O) groups is 2. The lowest BCUT2D eigenvalue weighted by atomic mass is 10.2. The Bertz CT molecular complexity index is 519. The first kappa shape index (κ1) is 14.9. The predicted octanol–water partition coefficient (Wildman–Crippen LogP) is 2.33. The van der Waals surface area contributed by atoms with E-state index in [0.717, 1.165) is 6.42 Å². The summed E-state index contributed by atoms with van der Waals surface area (Å²) in [6, 6.07) is 4.07. The molecule has 0 unspecified atom stereocenters. The van der Waals surface area contributed by atoms with Crippen LogP contribution in [0.5, 0.6) is 0 Å². The molecule has 8 heteroatoms. The van der Waals surface area contributed by atoms with E-state index >= 15 is 0 Å². The quantitative estimate of drug-likeness (QED) is 0.732. The van der Waals surface area contributed by atoms with Gasteiger partial charge >= 0.3 is 6.03 Å². The van der Waals surface area contributed by atoms with Gasteiger partial charge in [-0.05, 0) is 31.0 Å². The van der Waals surface area contributed by atoms with Gasteiger partial charge in [-0.15, -0.1) is 0 Å². The lowest BCUT2D eigenvalue weighted by Crippen LogP contribution is -2.47. The molecule has 1 aliphatic rings. The molecule has 1 saturated heterocycles. The third-order valence-corrected chi connectivity index (χ3v) is 3.44. The zero-order chi connectivity index (χ0) is 14.5. The zero-order valence-electron chi connectivity index (χ0n) is 10.4. The van der Waals surface area contributed by atoms with Gasteiger partial charge < -0.3 is 10.1 Å². The van der Waals surface area contributed by atoms with E-state index in [4.69, 9.17) is 27.9 Å². The molecule has 2 rings (SSSR count). The van der Waals surface area contributed by atoms with Crippen molar-refractivity contribution in [3.63, 3.8) is 0 Å². The van der Waals surface area contributed by atoms with Crippen LogP contribution in [0, 0.1) is 0 Å². The molecule has 20 heavy (non-hydrogen) atoms. The molecule has 1 atom stereocenters. The van der Waals surface area contributed by atoms with Crippen LogP contribution in [0.2, 0.25) is 10.0 Å². The number of amides is 3. The summed E-state index contributed by atoms with van der Waals surface area (Å²) in [5, 5.41) is 3.23. The predicted molar refractivity (Wildman–Crippen MR) is 75.7 cm³/mol. The van der Waals surface area contributed by atoms with E-state index in [-0.39, 0.29) is 5.91 Å². The van der Waals surface area contributed by atoms with Gasteiger partial charge in [-0.3, -0.25) is 10.2 Å². The SMILES string of the molecule is O=C(NNC(=O)[C@H]1CCCO1)Nc1ccc(Cl)c(Cl)c1. The molecule has 3 amide bonds. The zero-order valence-corrected chi connectivity index (χ0v) is 11.9. The lowest BCUT2D eigenvalue weighted by Gasteiger charge is -2.12. The monoisotopic (exact) mass is 317 g/mol. The standard InChI is InChI=1S/C12H13Cl2N3O3/c13-8-4-3-7(6-9(8)14)15-12(19)17-16-11(18)10-2-1-5-20-10/h3-4,6,10H,1-2,5H2,(H,16,18)(H2,15,17,19)/t10-/m1/s1. The van der Waals surface area contributed by atoms with Crippen LogP contribution in [0.25, 0.3) is 0 Å². The fourth-order valence-electron chi connectivity index (χ4n) is 1.72. The van der Waals surface area contributed by atoms with Crippen molar-refractivity contribution >= 4 is 40.8 Å². The Hall–Kier alpha value is -1.50. The smallest absolute Gasteiger partial charge is 0.337 e. The third kappa shape index (κ3) is 4.00. The number of halogens is 2. The minimum absolute atomic E-state index is 0.327. The van der Waals surface area contributed by atoms with Crippen molar-refractivity contribution in [2.24, 2.45) is 0 Å². The molecule has 0 aromatic heterocycles. The first-order chi connectivity index (χ1) is 9.56. The van der Waals surface area contributed by atoms with Crippen molar-refractivity contribution in [1.82, 2.24) is 10.9 Å². The van der Waals surface area contributed by atoms with Crippen molar-refractivity contribution in [2.45, 2.75) is 18.9 Å². The number of anilines is 1. The van der Waals surface area contributed by atoms with Crippen molar-refractivity contribution in [3.8, 4) is 0 Å². The normalized spacial score (nSPS) is 17.6. The summed E-state index contributed by atoms with van der Waals surface area (Å²) in [5.41, 5.74) is 4.98. The van der Waals surface area contributed by atoms with Crippen molar-refractivity contribution in [3.05, 3.63) is 28.2 Å². The highest BCUT2D eigenvalue weighted by Crippen LogP contribution is 2.24. The molecule has 0 aliphatic carbocycles. The number of hydrazine groups is 1. The molecule has 1 aromatic carbocycles. The molecule has 1 heterocycles. The van der Waals surface area contributed by atoms with Crippen LogP contribution in [0.4, 0.5) is 10.5 Å². The van der Waals surface area contributed by atoms with E-state index in [1.807, 2.05) is 0 Å². The minimum atomic E-state index is -0.588. The van der Waals surface area contributed by atoms with Gasteiger partial charge in [-0.25, -0.2) is 10.2 Å². The fourth-order valence-corrected chi connectivity index (χ4v) is 2.02. The maximum absolute atomic E-state index is 11.6. The Balaban J connectivity index is 1.80. The van der Waals surface area contributed by atoms with Gasteiger partial charge in [0, 0.05) is 12.3 Å². The first-order valence-electron chi connectivity index (χ1n) is 6.00. The Labute approximate surface area is 125 Å². The Kier molecular flexibility index (Phi) is 5.05. The van der Waals surface area contributed by atoms with Crippen LogP contribution < -0.4 is 16.2 Å². The summed E-state index contributed by atoms with van der Waals surface area (Å²) in [7, 11) is 0. The molecule has 1 aromatic rings. The molecular formula is C12H13Cl2N3O3. The van der Waals surface area contributed by atoms with Gasteiger partial charge in [0.2, 0.25) is 0 Å². The summed E-state index contributed by atoms with van der Waals surface area (Å²) < 4.78 is 5.18. The molecule has 0 bridgehead atoms. The molecule has 0 saturated carbocycles. The molecule has 0 spiro atoms. The van der Waals surface area contributed by atoms with Crippen LogP contribution in [0.15, 0.2) is 18.2 Å². The summed E-state index contributed by atoms with van der Waals surface area (Å²) in [4.78, 5) is 23.2. The van der Waals surface area contributed by atoms with Gasteiger partial charge in [0.25, 0.3) is 5.91 Å². The van der Waals surface area contributed by atoms with Crippen LogP contribution in [-0.4, -0.2) is 24.6 Å². The fraction of sp³-hybridized carbons (Fsp3) is 0.333. The van der Waals surface area contributed by atoms with E-state index < -0.39 is 12.1 Å². The summed E-state index contributed by atoms with van der Waals surface area (Å²) >= 11 is 11.6. The van der Waals surface area contributed by atoms with Gasteiger partial charge in [0.05, 0.1) is 10.0 Å². The number of hydrogen-bond acceptors (Lipinski definition) is 3. The number of carbonyl (C=O) groups excluding carboxylic acids is 2. The second kappa shape index (κ2) is 6.78. The van der Waals surface area contributed by atoms with Gasteiger partial charge in [-0.2, -0.15) is 0 Å². The van der Waals surface area contributed by atoms with E-state index in [0.29, 0.717) is 28.8 Å². The van der Waals surface area contributed by atoms with E-state index in [9.17, 15) is 9.59 Å². The average molecular weight is 318 g/mol. The molecule has 3 N–H and O–H groups in total. The van der Waals surface area contributed by atoms with Crippen LogP contribution in [0.3, 0.4) is 0 Å². The third-order valence-electron chi connectivity index (χ3n) is 2.70. The van der Waals surface area contributed by atoms with Crippen LogP contribution in [0.1, 0.15) is 12.8 Å². The number of rotatable bonds is 2. The number of benzene rings is 1. The summed E-state index contributed by atoms with van der Waals surface area (Å²) in [6.07, 6.45) is 0.996. The highest BCUT2D eigenvalue weighted by atomic mass is 35.5. The topological polar surface area (TPSA) is 79.5 Å². The van der Waals surface area contributed by atoms with Gasteiger partial charge in [-0.1, -0.05) is 23.2 Å². The van der Waals surface area contributed by atoms with Crippen LogP contribution >= 0.6 is 23.2 Å². The Morgan fingerprint density at radius 1 is 1.20 bits per heavy atom. The Morgan fingerprint density at radius 2 is 2.00 bits per heavy atom. The highest BCUT2D eigenvalue weighted by molar-refractivity contribution is 6.42. The second-order valence-electron chi connectivity index (χ2n) is 4.20. The average Bonchev–Trinajstić information content (AvgIpc) is 2.94. The highest BCUT2D eigenvalue weighted by Gasteiger charge is 2.23. The first-order valence-corrected chi connectivity index (χ1v) is 6.75. The van der Waals surface area contributed by atoms with Crippen molar-refractivity contribution in [1.29, 1.82) is 0 Å². The van der Waals surface area contributed by atoms with Crippen LogP contribution in [-0.2, 0) is 9.53 Å². The largest absolute Gasteiger partial charge is 0.368 e. The molecule has 108 valence electrons. The molecule has 1 fully saturated rings. The Morgan fingerprint density at radius 3 is 2.65 bits per heavy atom. The number of ether oxygens (including phenoxy) is 1. The van der Waals surface area contributed by atoms with E-state index in [1.54, 1.807) is 12.1 Å². The second-order valence-corrected chi connectivity index (χ2v) is 5.01. The number of hydrogen-bond donors (Lipinski definition) is 3. The lowest BCUT2D eigenvalue weighted by molar-refractivity contribution is -0.130. The molecule has 1 aliphatic heterocycles. The summed E-state index contributed by atoms with van der Waals surface area (Å²) in [5.74, 6) is -0.369. The molecular weight excluding hydrogens is 305 g/mol. The van der Waals surface area contributed by atoms with Crippen molar-refractivity contribution < 1.29 is 14.3 Å². The van der Waals surface area contributed by atoms with Crippen molar-refractivity contribution in [2.75, 3.05) is 11.9 Å². The van der Waals surface area contributed by atoms with Gasteiger partial charge in [0.15, 0.2) is 0 Å². The molecule has 6 nitrogen and oxygen atoms in total. The number of nitrogens with one attached hydrogen (secondary N) is 3.